The normalized spacial score (nSPS) is 12.3. The van der Waals surface area contributed by atoms with E-state index in [9.17, 15) is 8.42 Å². The molecule has 8 heteroatoms. The molecule has 0 aliphatic carbocycles. The van der Waals surface area contributed by atoms with Gasteiger partial charge < -0.3 is 5.32 Å². The van der Waals surface area contributed by atoms with E-state index in [0.717, 1.165) is 11.3 Å². The number of nitrogens with one attached hydrogen (secondary N) is 1. The first kappa shape index (κ1) is 17.2. The van der Waals surface area contributed by atoms with E-state index in [-0.39, 0.29) is 9.57 Å². The quantitative estimate of drug-likeness (QED) is 0.644. The van der Waals surface area contributed by atoms with Crippen LogP contribution in [0, 0.1) is 6.92 Å². The summed E-state index contributed by atoms with van der Waals surface area (Å²) < 4.78 is 29.0. The predicted molar refractivity (Wildman–Crippen MR) is 101 cm³/mol. The first-order chi connectivity index (χ1) is 11.5. The molecule has 0 amide bonds. The molecule has 3 rings (SSSR count). The van der Waals surface area contributed by atoms with Crippen LogP contribution >= 0.6 is 32.3 Å². The third-order valence-corrected chi connectivity index (χ3v) is 7.38. The van der Waals surface area contributed by atoms with E-state index in [1.807, 2.05) is 37.3 Å². The minimum Gasteiger partial charge on any atom is -0.345 e. The Balaban J connectivity index is 1.95. The van der Waals surface area contributed by atoms with Crippen molar-refractivity contribution < 1.29 is 8.42 Å². The Labute approximate surface area is 152 Å². The topological polar surface area (TPSA) is 58.5 Å². The van der Waals surface area contributed by atoms with Gasteiger partial charge in [-0.25, -0.2) is 0 Å². The second-order valence-corrected chi connectivity index (χ2v) is 9.10. The van der Waals surface area contributed by atoms with Crippen LogP contribution in [0.15, 0.2) is 63.9 Å². The van der Waals surface area contributed by atoms with E-state index in [1.165, 1.54) is 20.7 Å². The lowest BCUT2D eigenvalue weighted by atomic mass is 10.2. The molecule has 1 N–H and O–H groups in total. The zero-order valence-electron chi connectivity index (χ0n) is 12.6. The van der Waals surface area contributed by atoms with Gasteiger partial charge >= 0.3 is 0 Å². The first-order valence-electron chi connectivity index (χ1n) is 6.94. The third kappa shape index (κ3) is 3.87. The fourth-order valence-electron chi connectivity index (χ4n) is 1.91. The highest BCUT2D eigenvalue weighted by atomic mass is 35.5. The van der Waals surface area contributed by atoms with Crippen molar-refractivity contribution in [3.05, 3.63) is 69.9 Å². The Bertz CT molecular complexity index is 1010. The van der Waals surface area contributed by atoms with Crippen LogP contribution in [0.2, 0.25) is 5.02 Å². The molecule has 0 aliphatic heterocycles. The summed E-state index contributed by atoms with van der Waals surface area (Å²) >= 11 is 6.29. The highest BCUT2D eigenvalue weighted by molar-refractivity contribution is 7.90. The maximum absolute atomic E-state index is 12.4. The Morgan fingerprint density at radius 2 is 1.67 bits per heavy atom. The Morgan fingerprint density at radius 1 is 1.00 bits per heavy atom. The largest absolute Gasteiger partial charge is 0.345 e. The van der Waals surface area contributed by atoms with Crippen molar-refractivity contribution in [2.45, 2.75) is 11.8 Å². The van der Waals surface area contributed by atoms with E-state index in [1.54, 1.807) is 24.3 Å². The van der Waals surface area contributed by atoms with Crippen LogP contribution in [-0.4, -0.2) is 8.42 Å². The fraction of sp³-hybridized carbons (Fsp3) is 0.0625. The standard InChI is InChI=1S/C16H13ClN2O2S3/c1-11-7-9-13(10-8-11)24(20,21)19-16-14(17)15(22-23-16)18-12-5-3-2-4-6-12/h2-10,18H,1H3/b19-16-. The number of rotatable bonds is 4. The van der Waals surface area contributed by atoms with Gasteiger partial charge in [0.2, 0.25) is 0 Å². The third-order valence-electron chi connectivity index (χ3n) is 3.14. The average Bonchev–Trinajstić information content (AvgIpc) is 2.89. The van der Waals surface area contributed by atoms with Crippen molar-refractivity contribution in [3.63, 3.8) is 0 Å². The number of benzene rings is 2. The van der Waals surface area contributed by atoms with Crippen molar-refractivity contribution in [3.8, 4) is 0 Å². The molecule has 0 atom stereocenters. The minimum absolute atomic E-state index is 0.153. The van der Waals surface area contributed by atoms with E-state index in [2.05, 4.69) is 9.71 Å². The van der Waals surface area contributed by atoms with Gasteiger partial charge in [-0.3, -0.25) is 0 Å². The highest BCUT2D eigenvalue weighted by Crippen LogP contribution is 2.31. The number of anilines is 2. The molecule has 0 unspecified atom stereocenters. The summed E-state index contributed by atoms with van der Waals surface area (Å²) in [6.45, 7) is 1.90. The summed E-state index contributed by atoms with van der Waals surface area (Å²) in [7, 11) is -1.21. The maximum Gasteiger partial charge on any atom is 0.283 e. The number of halogens is 1. The number of sulfonamides is 1. The zero-order chi connectivity index (χ0) is 17.2. The van der Waals surface area contributed by atoms with Crippen molar-refractivity contribution >= 4 is 53.0 Å². The summed E-state index contributed by atoms with van der Waals surface area (Å²) in [6.07, 6.45) is 0. The summed E-state index contributed by atoms with van der Waals surface area (Å²) in [5.74, 6) is 0. The van der Waals surface area contributed by atoms with Gasteiger partial charge in [0.1, 0.15) is 10.0 Å². The monoisotopic (exact) mass is 396 g/mol. The molecule has 4 nitrogen and oxygen atoms in total. The van der Waals surface area contributed by atoms with Gasteiger partial charge in [-0.1, -0.05) is 68.2 Å². The maximum atomic E-state index is 12.4. The number of para-hydroxylation sites is 1. The van der Waals surface area contributed by atoms with Crippen LogP contribution in [0.5, 0.6) is 0 Å². The summed E-state index contributed by atoms with van der Waals surface area (Å²) in [4.78, 5) is 0.153. The van der Waals surface area contributed by atoms with E-state index >= 15 is 0 Å². The molecule has 124 valence electrons. The summed E-state index contributed by atoms with van der Waals surface area (Å²) in [5.41, 5.74) is 1.86. The lowest BCUT2D eigenvalue weighted by molar-refractivity contribution is 0.597. The molecule has 1 heterocycles. The fourth-order valence-corrected chi connectivity index (χ4v) is 5.98. The lowest BCUT2D eigenvalue weighted by Gasteiger charge is -2.02. The molecule has 3 aromatic rings. The van der Waals surface area contributed by atoms with Crippen LogP contribution in [0.3, 0.4) is 0 Å². The number of aryl methyl sites for hydroxylation is 1. The van der Waals surface area contributed by atoms with Crippen molar-refractivity contribution in [2.24, 2.45) is 4.40 Å². The molecule has 0 saturated carbocycles. The second kappa shape index (κ2) is 7.06. The lowest BCUT2D eigenvalue weighted by Crippen LogP contribution is -2.05. The minimum atomic E-state index is -3.78. The molecule has 0 aliphatic rings. The van der Waals surface area contributed by atoms with Gasteiger partial charge in [0, 0.05) is 5.69 Å². The van der Waals surface area contributed by atoms with Crippen LogP contribution in [-0.2, 0) is 10.0 Å². The van der Waals surface area contributed by atoms with E-state index in [0.29, 0.717) is 10.0 Å². The smallest absolute Gasteiger partial charge is 0.283 e. The van der Waals surface area contributed by atoms with Gasteiger partial charge in [-0.2, -0.15) is 8.42 Å². The molecular formula is C16H13ClN2O2S3. The van der Waals surface area contributed by atoms with Crippen molar-refractivity contribution in [1.82, 2.24) is 0 Å². The summed E-state index contributed by atoms with van der Waals surface area (Å²) in [6, 6.07) is 16.1. The average molecular weight is 397 g/mol. The molecule has 0 spiro atoms. The van der Waals surface area contributed by atoms with Crippen molar-refractivity contribution in [1.29, 1.82) is 0 Å². The van der Waals surface area contributed by atoms with E-state index < -0.39 is 10.0 Å². The van der Waals surface area contributed by atoms with Gasteiger partial charge in [-0.05, 0) is 31.2 Å². The Morgan fingerprint density at radius 3 is 2.33 bits per heavy atom. The molecule has 2 aromatic carbocycles. The molecule has 0 bridgehead atoms. The molecule has 1 aromatic heterocycles. The van der Waals surface area contributed by atoms with Crippen LogP contribution in [0.25, 0.3) is 0 Å². The molecular weight excluding hydrogens is 384 g/mol. The number of hydrogen-bond donors (Lipinski definition) is 1. The second-order valence-electron chi connectivity index (χ2n) is 4.99. The molecule has 0 saturated heterocycles. The van der Waals surface area contributed by atoms with Crippen LogP contribution in [0.1, 0.15) is 5.56 Å². The number of hydrogen-bond acceptors (Lipinski definition) is 5. The van der Waals surface area contributed by atoms with Crippen LogP contribution in [0.4, 0.5) is 10.7 Å². The van der Waals surface area contributed by atoms with Crippen LogP contribution < -0.4 is 9.99 Å². The van der Waals surface area contributed by atoms with Gasteiger partial charge in [-0.15, -0.1) is 4.40 Å². The van der Waals surface area contributed by atoms with E-state index in [4.69, 9.17) is 11.6 Å². The molecule has 0 radical (unpaired) electrons. The van der Waals surface area contributed by atoms with Crippen molar-refractivity contribution in [2.75, 3.05) is 5.32 Å². The molecule has 24 heavy (non-hydrogen) atoms. The zero-order valence-corrected chi connectivity index (χ0v) is 15.8. The Hall–Kier alpha value is -1.67. The van der Waals surface area contributed by atoms with Gasteiger partial charge in [0.05, 0.1) is 4.90 Å². The summed E-state index contributed by atoms with van der Waals surface area (Å²) in [5, 5.41) is 4.15. The SMILES string of the molecule is Cc1ccc(S(=O)(=O)/N=c2\ssc(Nc3ccccc3)c2Cl)cc1. The predicted octanol–water partition coefficient (Wildman–Crippen LogP) is 4.80. The molecule has 0 fully saturated rings. The first-order valence-corrected chi connectivity index (χ1v) is 10.9. The number of nitrogens with zero attached hydrogens (tertiary/aromatic N) is 1. The Kier molecular flexibility index (Phi) is 5.05. The van der Waals surface area contributed by atoms with Gasteiger partial charge in [0.15, 0.2) is 4.67 Å². The van der Waals surface area contributed by atoms with Gasteiger partial charge in [0.25, 0.3) is 10.0 Å². The highest BCUT2D eigenvalue weighted by Gasteiger charge is 2.15.